The van der Waals surface area contributed by atoms with Crippen LogP contribution in [0.25, 0.3) is 0 Å². The summed E-state index contributed by atoms with van der Waals surface area (Å²) in [5.41, 5.74) is 0.0878. The summed E-state index contributed by atoms with van der Waals surface area (Å²) in [5, 5.41) is 2.04. The number of ether oxygens (including phenoxy) is 1. The van der Waals surface area contributed by atoms with Crippen molar-refractivity contribution in [2.24, 2.45) is 0 Å². The zero-order chi connectivity index (χ0) is 25.2. The number of anilines is 2. The van der Waals surface area contributed by atoms with E-state index in [2.05, 4.69) is 5.32 Å². The van der Waals surface area contributed by atoms with Crippen molar-refractivity contribution in [3.8, 4) is 5.75 Å². The molecule has 0 saturated carbocycles. The minimum Gasteiger partial charge on any atom is -0.484 e. The standard InChI is InChI=1S/C24H20ClF3N2O4S/c25-17-7-12-21(20(14-17)24(26,27)28)29-23(31)15-34-18-8-10-19(11-9-18)35(32,33)30-13-3-5-16-4-1-2-6-22(16)30/h1-2,4,6-12,14H,3,5,13,15H2,(H,29,31). The van der Waals surface area contributed by atoms with Crippen molar-refractivity contribution < 1.29 is 31.1 Å². The molecule has 3 aromatic rings. The Balaban J connectivity index is 1.42. The van der Waals surface area contributed by atoms with Crippen LogP contribution >= 0.6 is 11.6 Å². The van der Waals surface area contributed by atoms with Gasteiger partial charge in [-0.2, -0.15) is 13.2 Å². The van der Waals surface area contributed by atoms with E-state index in [1.165, 1.54) is 34.6 Å². The Morgan fingerprint density at radius 1 is 1.06 bits per heavy atom. The number of hydrogen-bond acceptors (Lipinski definition) is 4. The molecule has 1 aliphatic rings. The first kappa shape index (κ1) is 24.9. The summed E-state index contributed by atoms with van der Waals surface area (Å²) >= 11 is 5.64. The zero-order valence-electron chi connectivity index (χ0n) is 18.2. The summed E-state index contributed by atoms with van der Waals surface area (Å²) < 4.78 is 72.6. The van der Waals surface area contributed by atoms with Gasteiger partial charge in [0.2, 0.25) is 0 Å². The number of amides is 1. The molecule has 3 aromatic carbocycles. The van der Waals surface area contributed by atoms with Crippen molar-refractivity contribution in [1.29, 1.82) is 0 Å². The maximum Gasteiger partial charge on any atom is 0.418 e. The van der Waals surface area contributed by atoms with Crippen LogP contribution < -0.4 is 14.4 Å². The lowest BCUT2D eigenvalue weighted by Crippen LogP contribution is -2.35. The minimum atomic E-state index is -4.70. The molecule has 0 bridgehead atoms. The summed E-state index contributed by atoms with van der Waals surface area (Å²) in [7, 11) is -3.81. The SMILES string of the molecule is O=C(COc1ccc(S(=O)(=O)N2CCCc3ccccc32)cc1)Nc1ccc(Cl)cc1C(F)(F)F. The monoisotopic (exact) mass is 524 g/mol. The molecule has 0 unspecified atom stereocenters. The molecule has 1 heterocycles. The molecular weight excluding hydrogens is 505 g/mol. The molecule has 0 radical (unpaired) electrons. The number of fused-ring (bicyclic) bond motifs is 1. The van der Waals surface area contributed by atoms with Gasteiger partial charge < -0.3 is 10.1 Å². The Kier molecular flexibility index (Phi) is 6.95. The number of aryl methyl sites for hydroxylation is 1. The molecule has 1 N–H and O–H groups in total. The number of benzene rings is 3. The van der Waals surface area contributed by atoms with Crippen LogP contribution in [0.1, 0.15) is 17.5 Å². The average Bonchev–Trinajstić information content (AvgIpc) is 2.83. The van der Waals surface area contributed by atoms with Crippen LogP contribution in [0.5, 0.6) is 5.75 Å². The number of carbonyl (C=O) groups is 1. The van der Waals surface area contributed by atoms with Gasteiger partial charge in [-0.25, -0.2) is 8.42 Å². The van der Waals surface area contributed by atoms with E-state index in [0.29, 0.717) is 18.7 Å². The van der Waals surface area contributed by atoms with E-state index < -0.39 is 40.0 Å². The Hall–Kier alpha value is -3.24. The van der Waals surface area contributed by atoms with E-state index in [1.807, 2.05) is 12.1 Å². The number of rotatable bonds is 6. The number of nitrogens with one attached hydrogen (secondary N) is 1. The van der Waals surface area contributed by atoms with Crippen molar-refractivity contribution in [1.82, 2.24) is 0 Å². The van der Waals surface area contributed by atoms with Gasteiger partial charge in [-0.1, -0.05) is 29.8 Å². The fourth-order valence-electron chi connectivity index (χ4n) is 3.78. The lowest BCUT2D eigenvalue weighted by Gasteiger charge is -2.30. The molecule has 1 amide bonds. The lowest BCUT2D eigenvalue weighted by molar-refractivity contribution is -0.137. The summed E-state index contributed by atoms with van der Waals surface area (Å²) in [6.07, 6.45) is -3.20. The highest BCUT2D eigenvalue weighted by atomic mass is 35.5. The van der Waals surface area contributed by atoms with E-state index in [1.54, 1.807) is 12.1 Å². The smallest absolute Gasteiger partial charge is 0.418 e. The fraction of sp³-hybridized carbons (Fsp3) is 0.208. The van der Waals surface area contributed by atoms with Crippen molar-refractivity contribution in [2.45, 2.75) is 23.9 Å². The van der Waals surface area contributed by atoms with Gasteiger partial charge in [0.25, 0.3) is 15.9 Å². The molecule has 0 spiro atoms. The third kappa shape index (κ3) is 5.54. The van der Waals surface area contributed by atoms with Gasteiger partial charge in [0.05, 0.1) is 21.8 Å². The molecule has 184 valence electrons. The van der Waals surface area contributed by atoms with Gasteiger partial charge in [-0.05, 0) is 66.9 Å². The number of para-hydroxylation sites is 1. The molecule has 4 rings (SSSR count). The summed E-state index contributed by atoms with van der Waals surface area (Å²) in [6.45, 7) is -0.214. The first-order valence-electron chi connectivity index (χ1n) is 10.6. The van der Waals surface area contributed by atoms with Crippen molar-refractivity contribution in [2.75, 3.05) is 22.8 Å². The molecule has 6 nitrogen and oxygen atoms in total. The molecular formula is C24H20ClF3N2O4S. The van der Waals surface area contributed by atoms with Crippen molar-refractivity contribution in [3.05, 3.63) is 82.9 Å². The highest BCUT2D eigenvalue weighted by molar-refractivity contribution is 7.92. The molecule has 0 aromatic heterocycles. The van der Waals surface area contributed by atoms with Gasteiger partial charge in [-0.3, -0.25) is 9.10 Å². The lowest BCUT2D eigenvalue weighted by atomic mass is 10.0. The second-order valence-electron chi connectivity index (χ2n) is 7.81. The van der Waals surface area contributed by atoms with Gasteiger partial charge in [0, 0.05) is 11.6 Å². The number of halogens is 4. The summed E-state index contributed by atoms with van der Waals surface area (Å²) in [6, 6.07) is 15.8. The average molecular weight is 525 g/mol. The Morgan fingerprint density at radius 3 is 2.49 bits per heavy atom. The Bertz CT molecular complexity index is 1350. The topological polar surface area (TPSA) is 75.7 Å². The van der Waals surface area contributed by atoms with Crippen LogP contribution in [0.15, 0.2) is 71.6 Å². The molecule has 0 atom stereocenters. The molecule has 0 fully saturated rings. The quantitative estimate of drug-likeness (QED) is 0.461. The number of sulfonamides is 1. The molecule has 35 heavy (non-hydrogen) atoms. The molecule has 0 aliphatic carbocycles. The predicted octanol–water partition coefficient (Wildman–Crippen LogP) is 5.52. The van der Waals surface area contributed by atoms with E-state index in [4.69, 9.17) is 16.3 Å². The predicted molar refractivity (Wildman–Crippen MR) is 126 cm³/mol. The summed E-state index contributed by atoms with van der Waals surface area (Å²) in [4.78, 5) is 12.2. The van der Waals surface area contributed by atoms with Crippen molar-refractivity contribution in [3.63, 3.8) is 0 Å². The van der Waals surface area contributed by atoms with Crippen LogP contribution in [0, 0.1) is 0 Å². The zero-order valence-corrected chi connectivity index (χ0v) is 19.8. The third-order valence-corrected chi connectivity index (χ3v) is 7.47. The maximum absolute atomic E-state index is 13.2. The van der Waals surface area contributed by atoms with E-state index in [9.17, 15) is 26.4 Å². The van der Waals surface area contributed by atoms with Crippen molar-refractivity contribution >= 4 is 38.9 Å². The highest BCUT2D eigenvalue weighted by Gasteiger charge is 2.34. The minimum absolute atomic E-state index is 0.0574. The second kappa shape index (κ2) is 9.79. The number of hydrogen-bond donors (Lipinski definition) is 1. The number of carbonyl (C=O) groups excluding carboxylic acids is 1. The second-order valence-corrected chi connectivity index (χ2v) is 10.1. The first-order valence-corrected chi connectivity index (χ1v) is 12.4. The third-order valence-electron chi connectivity index (χ3n) is 5.41. The van der Waals surface area contributed by atoms with Gasteiger partial charge in [0.1, 0.15) is 5.75 Å². The molecule has 11 heteroatoms. The van der Waals surface area contributed by atoms with Gasteiger partial charge in [0.15, 0.2) is 6.61 Å². The normalized spacial score (nSPS) is 13.8. The van der Waals surface area contributed by atoms with E-state index in [0.717, 1.165) is 24.1 Å². The van der Waals surface area contributed by atoms with E-state index in [-0.39, 0.29) is 15.7 Å². The van der Waals surface area contributed by atoms with Gasteiger partial charge in [-0.15, -0.1) is 0 Å². The number of nitrogens with zero attached hydrogens (tertiary/aromatic N) is 1. The van der Waals surface area contributed by atoms with Crippen LogP contribution in [-0.2, 0) is 27.4 Å². The molecule has 0 saturated heterocycles. The Labute approximate surface area is 205 Å². The highest BCUT2D eigenvalue weighted by Crippen LogP contribution is 2.36. The number of alkyl halides is 3. The van der Waals surface area contributed by atoms with E-state index >= 15 is 0 Å². The van der Waals surface area contributed by atoms with Crippen LogP contribution in [0.2, 0.25) is 5.02 Å². The fourth-order valence-corrected chi connectivity index (χ4v) is 5.49. The maximum atomic E-state index is 13.2. The van der Waals surface area contributed by atoms with Gasteiger partial charge >= 0.3 is 6.18 Å². The van der Waals surface area contributed by atoms with Crippen LogP contribution in [0.4, 0.5) is 24.5 Å². The first-order chi connectivity index (χ1) is 16.6. The summed E-state index contributed by atoms with van der Waals surface area (Å²) in [5.74, 6) is -0.635. The Morgan fingerprint density at radius 2 is 1.77 bits per heavy atom. The largest absolute Gasteiger partial charge is 0.484 e. The van der Waals surface area contributed by atoms with Crippen LogP contribution in [-0.4, -0.2) is 27.5 Å². The van der Waals surface area contributed by atoms with Crippen LogP contribution in [0.3, 0.4) is 0 Å². The molecule has 1 aliphatic heterocycles.